The molecule has 0 aromatic carbocycles. The molecule has 0 aliphatic carbocycles. The third-order valence-corrected chi connectivity index (χ3v) is 4.97. The third kappa shape index (κ3) is 3.35. The van der Waals surface area contributed by atoms with Gasteiger partial charge >= 0.3 is 0 Å². The zero-order valence-corrected chi connectivity index (χ0v) is 16.3. The summed E-state index contributed by atoms with van der Waals surface area (Å²) < 4.78 is 2.09. The smallest absolute Gasteiger partial charge is 0.158 e. The lowest BCUT2D eigenvalue weighted by Gasteiger charge is -2.29. The van der Waals surface area contributed by atoms with E-state index in [4.69, 9.17) is 5.10 Å². The molecule has 2 aromatic rings. The molecular formula is C21H30N4. The van der Waals surface area contributed by atoms with Crippen LogP contribution in [0.2, 0.25) is 0 Å². The SMILES string of the molecule is CCC=C(CCC)c1c2c(nn1C)N(c1cnc(C)cc1C)CCC2. The summed E-state index contributed by atoms with van der Waals surface area (Å²) in [5.41, 5.74) is 7.71. The van der Waals surface area contributed by atoms with E-state index in [2.05, 4.69) is 54.5 Å². The fourth-order valence-electron chi connectivity index (χ4n) is 3.96. The molecule has 3 rings (SSSR count). The number of rotatable bonds is 5. The number of pyridine rings is 1. The Morgan fingerprint density at radius 3 is 2.76 bits per heavy atom. The van der Waals surface area contributed by atoms with Crippen molar-refractivity contribution in [2.24, 2.45) is 7.05 Å². The normalized spacial score (nSPS) is 14.8. The number of anilines is 2. The lowest BCUT2D eigenvalue weighted by molar-refractivity contribution is 0.736. The monoisotopic (exact) mass is 338 g/mol. The fraction of sp³-hybridized carbons (Fsp3) is 0.524. The van der Waals surface area contributed by atoms with Crippen molar-refractivity contribution in [2.45, 2.75) is 59.8 Å². The Bertz CT molecular complexity index is 785. The van der Waals surface area contributed by atoms with Crippen molar-refractivity contribution >= 4 is 17.1 Å². The number of allylic oxidation sites excluding steroid dienone is 2. The van der Waals surface area contributed by atoms with Crippen LogP contribution in [0.4, 0.5) is 11.5 Å². The van der Waals surface area contributed by atoms with Crippen molar-refractivity contribution in [3.63, 3.8) is 0 Å². The highest BCUT2D eigenvalue weighted by Crippen LogP contribution is 2.38. The highest BCUT2D eigenvalue weighted by atomic mass is 15.4. The average Bonchev–Trinajstić information content (AvgIpc) is 2.91. The van der Waals surface area contributed by atoms with Crippen molar-refractivity contribution in [3.8, 4) is 0 Å². The van der Waals surface area contributed by atoms with Crippen molar-refractivity contribution in [1.82, 2.24) is 14.8 Å². The van der Waals surface area contributed by atoms with E-state index < -0.39 is 0 Å². The summed E-state index contributed by atoms with van der Waals surface area (Å²) in [6.45, 7) is 9.69. The van der Waals surface area contributed by atoms with Gasteiger partial charge in [-0.3, -0.25) is 9.67 Å². The maximum atomic E-state index is 4.93. The van der Waals surface area contributed by atoms with E-state index >= 15 is 0 Å². The zero-order valence-electron chi connectivity index (χ0n) is 16.3. The Morgan fingerprint density at radius 2 is 2.08 bits per heavy atom. The molecule has 0 saturated heterocycles. The molecule has 1 aliphatic heterocycles. The molecular weight excluding hydrogens is 308 g/mol. The van der Waals surface area contributed by atoms with Crippen LogP contribution in [0, 0.1) is 13.8 Å². The molecule has 0 saturated carbocycles. The number of aryl methyl sites for hydroxylation is 3. The first-order chi connectivity index (χ1) is 12.1. The molecule has 0 radical (unpaired) electrons. The molecule has 0 bridgehead atoms. The molecule has 0 atom stereocenters. The van der Waals surface area contributed by atoms with E-state index in [0.717, 1.165) is 50.2 Å². The minimum Gasteiger partial charge on any atom is -0.323 e. The van der Waals surface area contributed by atoms with Gasteiger partial charge in [0.15, 0.2) is 5.82 Å². The second-order valence-electron chi connectivity index (χ2n) is 7.03. The van der Waals surface area contributed by atoms with Crippen molar-refractivity contribution in [3.05, 3.63) is 40.9 Å². The lowest BCUT2D eigenvalue weighted by Crippen LogP contribution is -2.25. The van der Waals surface area contributed by atoms with Gasteiger partial charge in [-0.15, -0.1) is 0 Å². The molecule has 134 valence electrons. The molecule has 0 N–H and O–H groups in total. The van der Waals surface area contributed by atoms with Gasteiger partial charge in [0.05, 0.1) is 17.6 Å². The van der Waals surface area contributed by atoms with Gasteiger partial charge in [-0.25, -0.2) is 0 Å². The molecule has 2 aromatic heterocycles. The number of aromatic nitrogens is 3. The Kier molecular flexibility index (Phi) is 5.26. The number of fused-ring (bicyclic) bond motifs is 1. The minimum atomic E-state index is 1.01. The van der Waals surface area contributed by atoms with Gasteiger partial charge in [-0.05, 0) is 56.7 Å². The quantitative estimate of drug-likeness (QED) is 0.759. The van der Waals surface area contributed by atoms with Crippen LogP contribution >= 0.6 is 0 Å². The van der Waals surface area contributed by atoms with Crippen LogP contribution in [0.15, 0.2) is 18.3 Å². The maximum absolute atomic E-state index is 4.93. The van der Waals surface area contributed by atoms with Crippen molar-refractivity contribution < 1.29 is 0 Å². The van der Waals surface area contributed by atoms with Crippen LogP contribution in [0.5, 0.6) is 0 Å². The van der Waals surface area contributed by atoms with Crippen LogP contribution in [0.25, 0.3) is 5.57 Å². The molecule has 3 heterocycles. The first kappa shape index (κ1) is 17.7. The summed E-state index contributed by atoms with van der Waals surface area (Å²) in [5.74, 6) is 1.12. The summed E-state index contributed by atoms with van der Waals surface area (Å²) in [4.78, 5) is 6.88. The summed E-state index contributed by atoms with van der Waals surface area (Å²) in [6.07, 6.45) is 9.99. The van der Waals surface area contributed by atoms with E-state index in [1.165, 1.54) is 28.1 Å². The lowest BCUT2D eigenvalue weighted by atomic mass is 9.96. The van der Waals surface area contributed by atoms with Crippen LogP contribution in [0.3, 0.4) is 0 Å². The fourth-order valence-corrected chi connectivity index (χ4v) is 3.96. The summed E-state index contributed by atoms with van der Waals surface area (Å²) in [6, 6.07) is 2.16. The predicted molar refractivity (Wildman–Crippen MR) is 105 cm³/mol. The molecule has 4 nitrogen and oxygen atoms in total. The summed E-state index contributed by atoms with van der Waals surface area (Å²) in [5, 5.41) is 4.93. The largest absolute Gasteiger partial charge is 0.323 e. The zero-order chi connectivity index (χ0) is 18.0. The van der Waals surface area contributed by atoms with Gasteiger partial charge in [0.1, 0.15) is 0 Å². The Morgan fingerprint density at radius 1 is 1.28 bits per heavy atom. The number of nitrogens with zero attached hydrogens (tertiary/aromatic N) is 4. The molecule has 0 unspecified atom stereocenters. The van der Waals surface area contributed by atoms with Gasteiger partial charge in [0.2, 0.25) is 0 Å². The average molecular weight is 338 g/mol. The first-order valence-electron chi connectivity index (χ1n) is 9.52. The highest BCUT2D eigenvalue weighted by Gasteiger charge is 2.27. The van der Waals surface area contributed by atoms with Gasteiger partial charge in [-0.2, -0.15) is 5.10 Å². The van der Waals surface area contributed by atoms with Crippen molar-refractivity contribution in [1.29, 1.82) is 0 Å². The van der Waals surface area contributed by atoms with Crippen LogP contribution in [-0.4, -0.2) is 21.3 Å². The highest BCUT2D eigenvalue weighted by molar-refractivity contribution is 5.75. The van der Waals surface area contributed by atoms with Gasteiger partial charge in [0.25, 0.3) is 0 Å². The Balaban J connectivity index is 2.09. The molecule has 0 spiro atoms. The van der Waals surface area contributed by atoms with Gasteiger partial charge < -0.3 is 4.90 Å². The molecule has 0 amide bonds. The van der Waals surface area contributed by atoms with Crippen LogP contribution in [-0.2, 0) is 13.5 Å². The molecule has 0 fully saturated rings. The topological polar surface area (TPSA) is 34.0 Å². The first-order valence-corrected chi connectivity index (χ1v) is 9.52. The van der Waals surface area contributed by atoms with E-state index in [0.29, 0.717) is 0 Å². The van der Waals surface area contributed by atoms with Gasteiger partial charge in [-0.1, -0.05) is 26.3 Å². The third-order valence-electron chi connectivity index (χ3n) is 4.97. The van der Waals surface area contributed by atoms with E-state index in [-0.39, 0.29) is 0 Å². The second-order valence-corrected chi connectivity index (χ2v) is 7.03. The summed E-state index contributed by atoms with van der Waals surface area (Å²) in [7, 11) is 2.09. The Labute approximate surface area is 151 Å². The van der Waals surface area contributed by atoms with Crippen molar-refractivity contribution in [2.75, 3.05) is 11.4 Å². The summed E-state index contributed by atoms with van der Waals surface area (Å²) >= 11 is 0. The van der Waals surface area contributed by atoms with Gasteiger partial charge in [0, 0.05) is 24.8 Å². The van der Waals surface area contributed by atoms with Crippen LogP contribution < -0.4 is 4.90 Å². The van der Waals surface area contributed by atoms with E-state index in [1.54, 1.807) is 0 Å². The number of hydrogen-bond donors (Lipinski definition) is 0. The molecule has 25 heavy (non-hydrogen) atoms. The Hall–Kier alpha value is -2.10. The molecule has 1 aliphatic rings. The van der Waals surface area contributed by atoms with E-state index in [1.807, 2.05) is 13.1 Å². The maximum Gasteiger partial charge on any atom is 0.158 e. The van der Waals surface area contributed by atoms with E-state index in [9.17, 15) is 0 Å². The van der Waals surface area contributed by atoms with Crippen LogP contribution in [0.1, 0.15) is 62.0 Å². The molecule has 4 heteroatoms. The minimum absolute atomic E-state index is 1.01. The predicted octanol–water partition coefficient (Wildman–Crippen LogP) is 5.11. The standard InChI is InChI=1S/C21H30N4/c1-6-9-17(10-7-2)20-18-11-8-12-25(21(18)23-24(20)5)19-14-22-16(4)13-15(19)3/h9,13-14H,6-8,10-12H2,1-5H3. The second kappa shape index (κ2) is 7.42. The number of hydrogen-bond acceptors (Lipinski definition) is 3.